The molecule has 6 heteroatoms. The number of hydrogen-bond acceptors (Lipinski definition) is 6. The van der Waals surface area contributed by atoms with Crippen molar-refractivity contribution in [2.75, 3.05) is 6.61 Å². The first-order valence-corrected chi connectivity index (χ1v) is 5.93. The van der Waals surface area contributed by atoms with E-state index in [1.165, 1.54) is 0 Å². The molecule has 0 spiro atoms. The number of carbonyl (C=O) groups excluding carboxylic acids is 1. The smallest absolute Gasteiger partial charge is 0.341 e. The number of aliphatic hydroxyl groups is 4. The molecular weight excluding hydrogens is 252 g/mol. The van der Waals surface area contributed by atoms with Gasteiger partial charge in [0.1, 0.15) is 12.2 Å². The van der Waals surface area contributed by atoms with Crippen LogP contribution in [0.1, 0.15) is 5.56 Å². The van der Waals surface area contributed by atoms with Crippen molar-refractivity contribution in [1.29, 1.82) is 0 Å². The maximum atomic E-state index is 11.8. The van der Waals surface area contributed by atoms with Crippen LogP contribution in [0.25, 0.3) is 0 Å². The molecule has 0 bridgehead atoms. The summed E-state index contributed by atoms with van der Waals surface area (Å²) in [6, 6.07) is 8.60. The van der Waals surface area contributed by atoms with Gasteiger partial charge in [-0.3, -0.25) is 0 Å². The molecule has 0 aliphatic carbocycles. The number of ether oxygens (including phenoxy) is 1. The van der Waals surface area contributed by atoms with E-state index in [9.17, 15) is 20.1 Å². The summed E-state index contributed by atoms with van der Waals surface area (Å²) in [4.78, 5) is 11.8. The molecule has 19 heavy (non-hydrogen) atoms. The quantitative estimate of drug-likeness (QED) is 0.502. The van der Waals surface area contributed by atoms with Crippen molar-refractivity contribution in [1.82, 2.24) is 0 Å². The summed E-state index contributed by atoms with van der Waals surface area (Å²) in [5, 5.41) is 38.8. The average Bonchev–Trinajstić information content (AvgIpc) is 2.42. The number of aliphatic hydroxyl groups excluding tert-OH is 3. The second-order valence-corrected chi connectivity index (χ2v) is 4.65. The van der Waals surface area contributed by atoms with E-state index >= 15 is 0 Å². The Kier molecular flexibility index (Phi) is 3.86. The zero-order valence-corrected chi connectivity index (χ0v) is 10.1. The molecule has 0 aromatic heterocycles. The van der Waals surface area contributed by atoms with E-state index in [-0.39, 0.29) is 6.42 Å². The number of esters is 1. The van der Waals surface area contributed by atoms with Crippen LogP contribution in [0.5, 0.6) is 0 Å². The van der Waals surface area contributed by atoms with Crippen LogP contribution in [-0.2, 0) is 16.0 Å². The van der Waals surface area contributed by atoms with E-state index in [1.54, 1.807) is 30.3 Å². The van der Waals surface area contributed by atoms with E-state index < -0.39 is 36.5 Å². The lowest BCUT2D eigenvalue weighted by atomic mass is 9.82. The molecule has 1 heterocycles. The predicted molar refractivity (Wildman–Crippen MR) is 64.1 cm³/mol. The third-order valence-corrected chi connectivity index (χ3v) is 3.30. The van der Waals surface area contributed by atoms with Crippen LogP contribution in [0.4, 0.5) is 0 Å². The van der Waals surface area contributed by atoms with Crippen molar-refractivity contribution in [2.24, 2.45) is 0 Å². The van der Waals surface area contributed by atoms with Crippen molar-refractivity contribution in [2.45, 2.75) is 30.3 Å². The number of carbonyl (C=O) groups is 1. The fourth-order valence-corrected chi connectivity index (χ4v) is 2.14. The summed E-state index contributed by atoms with van der Waals surface area (Å²) in [5.74, 6) is -1.05. The van der Waals surface area contributed by atoms with Gasteiger partial charge in [0.25, 0.3) is 0 Å². The van der Waals surface area contributed by atoms with Crippen LogP contribution in [0, 0.1) is 0 Å². The first kappa shape index (κ1) is 14.0. The molecule has 0 amide bonds. The van der Waals surface area contributed by atoms with Crippen molar-refractivity contribution in [3.63, 3.8) is 0 Å². The summed E-state index contributed by atoms with van der Waals surface area (Å²) < 4.78 is 4.76. The third kappa shape index (κ3) is 2.48. The second-order valence-electron chi connectivity index (χ2n) is 4.65. The fourth-order valence-electron chi connectivity index (χ4n) is 2.14. The van der Waals surface area contributed by atoms with Gasteiger partial charge in [0.2, 0.25) is 0 Å². The third-order valence-electron chi connectivity index (χ3n) is 3.30. The molecule has 104 valence electrons. The Morgan fingerprint density at radius 3 is 2.42 bits per heavy atom. The molecule has 1 aromatic carbocycles. The zero-order chi connectivity index (χ0) is 14.0. The molecule has 0 unspecified atom stereocenters. The molecule has 1 aliphatic rings. The molecule has 0 radical (unpaired) electrons. The van der Waals surface area contributed by atoms with Gasteiger partial charge in [-0.2, -0.15) is 0 Å². The Labute approximate surface area is 109 Å². The lowest BCUT2D eigenvalue weighted by Crippen LogP contribution is -2.65. The molecule has 4 atom stereocenters. The molecule has 0 saturated carbocycles. The minimum atomic E-state index is -2.22. The van der Waals surface area contributed by atoms with Gasteiger partial charge < -0.3 is 25.2 Å². The van der Waals surface area contributed by atoms with Crippen LogP contribution in [-0.4, -0.2) is 56.9 Å². The van der Waals surface area contributed by atoms with Gasteiger partial charge in [-0.1, -0.05) is 30.3 Å². The van der Waals surface area contributed by atoms with Gasteiger partial charge in [-0.25, -0.2) is 4.79 Å². The highest BCUT2D eigenvalue weighted by Crippen LogP contribution is 2.28. The van der Waals surface area contributed by atoms with Gasteiger partial charge in [0.05, 0.1) is 6.61 Å². The van der Waals surface area contributed by atoms with E-state index in [0.717, 1.165) is 0 Å². The van der Waals surface area contributed by atoms with Crippen molar-refractivity contribution in [3.8, 4) is 0 Å². The van der Waals surface area contributed by atoms with Gasteiger partial charge >= 0.3 is 5.97 Å². The summed E-state index contributed by atoms with van der Waals surface area (Å²) in [7, 11) is 0. The average molecular weight is 268 g/mol. The fraction of sp³-hybridized carbons (Fsp3) is 0.462. The highest BCUT2D eigenvalue weighted by atomic mass is 16.6. The van der Waals surface area contributed by atoms with Gasteiger partial charge in [0.15, 0.2) is 11.7 Å². The van der Waals surface area contributed by atoms with Crippen LogP contribution < -0.4 is 0 Å². The topological polar surface area (TPSA) is 107 Å². The molecule has 1 aromatic rings. The molecule has 1 fully saturated rings. The Balaban J connectivity index is 2.24. The number of cyclic esters (lactones) is 1. The van der Waals surface area contributed by atoms with Crippen molar-refractivity contribution in [3.05, 3.63) is 35.9 Å². The minimum absolute atomic E-state index is 0.178. The standard InChI is InChI=1S/C13H16O6/c14-7-9-10(15)11(16)13(18,12(17)19-9)6-8-4-2-1-3-5-8/h1-5,9-11,14-16,18H,6-7H2/t9-,10-,11+,13-/m1/s1. The number of hydrogen-bond donors (Lipinski definition) is 4. The maximum absolute atomic E-state index is 11.8. The van der Waals surface area contributed by atoms with Gasteiger partial charge in [-0.05, 0) is 5.56 Å². The number of benzene rings is 1. The molecular formula is C13H16O6. The second kappa shape index (κ2) is 5.26. The molecule has 6 nitrogen and oxygen atoms in total. The summed E-state index contributed by atoms with van der Waals surface area (Å²) in [6.07, 6.45) is -4.65. The van der Waals surface area contributed by atoms with Crippen molar-refractivity contribution >= 4 is 5.97 Å². The SMILES string of the molecule is O=C1O[C@H](CO)[C@@H](O)[C@H](O)[C@]1(O)Cc1ccccc1. The van der Waals surface area contributed by atoms with Gasteiger partial charge in [0, 0.05) is 6.42 Å². The molecule has 2 rings (SSSR count). The maximum Gasteiger partial charge on any atom is 0.341 e. The van der Waals surface area contributed by atoms with E-state index in [4.69, 9.17) is 9.84 Å². The Bertz CT molecular complexity index is 448. The normalized spacial score (nSPS) is 34.9. The highest BCUT2D eigenvalue weighted by Gasteiger charge is 2.55. The van der Waals surface area contributed by atoms with E-state index in [2.05, 4.69) is 0 Å². The first-order chi connectivity index (χ1) is 8.99. The predicted octanol–water partition coefficient (Wildman–Crippen LogP) is -1.40. The van der Waals surface area contributed by atoms with Crippen LogP contribution in [0.3, 0.4) is 0 Å². The van der Waals surface area contributed by atoms with E-state index in [1.807, 2.05) is 0 Å². The van der Waals surface area contributed by atoms with E-state index in [0.29, 0.717) is 5.56 Å². The lowest BCUT2D eigenvalue weighted by molar-refractivity contribution is -0.232. The Morgan fingerprint density at radius 2 is 1.84 bits per heavy atom. The summed E-state index contributed by atoms with van der Waals surface area (Å²) in [6.45, 7) is -0.620. The lowest BCUT2D eigenvalue weighted by Gasteiger charge is -2.41. The zero-order valence-electron chi connectivity index (χ0n) is 10.1. The first-order valence-electron chi connectivity index (χ1n) is 5.93. The van der Waals surface area contributed by atoms with Crippen LogP contribution in [0.2, 0.25) is 0 Å². The van der Waals surface area contributed by atoms with Gasteiger partial charge in [-0.15, -0.1) is 0 Å². The molecule has 4 N–H and O–H groups in total. The highest BCUT2D eigenvalue weighted by molar-refractivity contribution is 5.82. The Morgan fingerprint density at radius 1 is 1.21 bits per heavy atom. The van der Waals surface area contributed by atoms with Crippen molar-refractivity contribution < 1.29 is 30.0 Å². The molecule has 1 saturated heterocycles. The summed E-state index contributed by atoms with van der Waals surface area (Å²) in [5.41, 5.74) is -1.59. The number of rotatable bonds is 3. The minimum Gasteiger partial charge on any atom is -0.455 e. The largest absolute Gasteiger partial charge is 0.455 e. The summed E-state index contributed by atoms with van der Waals surface area (Å²) >= 11 is 0. The monoisotopic (exact) mass is 268 g/mol. The van der Waals surface area contributed by atoms with Crippen LogP contribution in [0.15, 0.2) is 30.3 Å². The van der Waals surface area contributed by atoms with Crippen LogP contribution >= 0.6 is 0 Å². The molecule has 1 aliphatic heterocycles. The Hall–Kier alpha value is -1.47.